The van der Waals surface area contributed by atoms with Gasteiger partial charge < -0.3 is 14.2 Å². The molecule has 0 saturated carbocycles. The maximum atomic E-state index is 12.9. The van der Waals surface area contributed by atoms with Crippen molar-refractivity contribution >= 4 is 29.1 Å². The smallest absolute Gasteiger partial charge is 0.307 e. The van der Waals surface area contributed by atoms with Crippen molar-refractivity contribution in [3.05, 3.63) is 70.6 Å². The molecule has 2 aromatic carbocycles. The van der Waals surface area contributed by atoms with Gasteiger partial charge in [0.15, 0.2) is 11.5 Å². The molecule has 3 aromatic rings. The number of rotatable bonds is 8. The molecule has 0 unspecified atom stereocenters. The number of benzene rings is 2. The molecule has 4 rings (SSSR count). The predicted octanol–water partition coefficient (Wildman–Crippen LogP) is 4.16. The van der Waals surface area contributed by atoms with Gasteiger partial charge in [0.25, 0.3) is 11.8 Å². The van der Waals surface area contributed by atoms with Gasteiger partial charge in [0.1, 0.15) is 6.61 Å². The highest BCUT2D eigenvalue weighted by Gasteiger charge is 2.39. The zero-order valence-corrected chi connectivity index (χ0v) is 18.4. The molecule has 2 amide bonds. The van der Waals surface area contributed by atoms with Crippen molar-refractivity contribution in [3.63, 3.8) is 0 Å². The van der Waals surface area contributed by atoms with Crippen molar-refractivity contribution in [3.8, 4) is 21.9 Å². The van der Waals surface area contributed by atoms with Gasteiger partial charge in [0, 0.05) is 16.8 Å². The van der Waals surface area contributed by atoms with E-state index in [4.69, 9.17) is 9.47 Å². The van der Waals surface area contributed by atoms with Gasteiger partial charge in [0.2, 0.25) is 0 Å². The van der Waals surface area contributed by atoms with Crippen LogP contribution in [0, 0.1) is 0 Å². The maximum absolute atomic E-state index is 12.9. The van der Waals surface area contributed by atoms with E-state index < -0.39 is 17.8 Å². The Morgan fingerprint density at radius 3 is 2.50 bits per heavy atom. The highest BCUT2D eigenvalue weighted by Crippen LogP contribution is 2.41. The number of ether oxygens (including phenoxy) is 3. The first-order chi connectivity index (χ1) is 15.5. The van der Waals surface area contributed by atoms with Gasteiger partial charge in [-0.1, -0.05) is 30.3 Å². The zero-order valence-electron chi connectivity index (χ0n) is 17.6. The first kappa shape index (κ1) is 21.6. The fourth-order valence-corrected chi connectivity index (χ4v) is 4.52. The molecule has 0 bridgehead atoms. The van der Waals surface area contributed by atoms with Crippen molar-refractivity contribution in [1.29, 1.82) is 0 Å². The topological polar surface area (TPSA) is 82.1 Å². The number of hydrogen-bond acceptors (Lipinski definition) is 7. The zero-order chi connectivity index (χ0) is 22.7. The standard InChI is InChI=1S/C24H21NO6S/c1-29-19-12-16(8-9-18(19)31-13-15-6-4-3-5-7-15)22-21-17(14-32-22)23(27)25(24(21)28)11-10-20(26)30-2/h3-9,12,14H,10-11,13H2,1-2H3. The van der Waals surface area contributed by atoms with Gasteiger partial charge in [-0.15, -0.1) is 11.3 Å². The molecule has 0 aliphatic carbocycles. The Labute approximate surface area is 189 Å². The highest BCUT2D eigenvalue weighted by molar-refractivity contribution is 7.14. The minimum absolute atomic E-state index is 0.0152. The van der Waals surface area contributed by atoms with Crippen LogP contribution < -0.4 is 9.47 Å². The first-order valence-corrected chi connectivity index (χ1v) is 10.8. The lowest BCUT2D eigenvalue weighted by molar-refractivity contribution is -0.140. The van der Waals surface area contributed by atoms with Crippen molar-refractivity contribution in [2.75, 3.05) is 20.8 Å². The molecule has 0 fully saturated rings. The van der Waals surface area contributed by atoms with Crippen LogP contribution in [0.4, 0.5) is 0 Å². The number of amides is 2. The van der Waals surface area contributed by atoms with Gasteiger partial charge in [-0.3, -0.25) is 19.3 Å². The third-order valence-electron chi connectivity index (χ3n) is 5.16. The minimum Gasteiger partial charge on any atom is -0.493 e. The van der Waals surface area contributed by atoms with Crippen molar-refractivity contribution in [2.24, 2.45) is 0 Å². The molecule has 7 nitrogen and oxygen atoms in total. The number of esters is 1. The summed E-state index contributed by atoms with van der Waals surface area (Å²) in [5, 5.41) is 1.68. The van der Waals surface area contributed by atoms with Crippen LogP contribution in [0.3, 0.4) is 0 Å². The highest BCUT2D eigenvalue weighted by atomic mass is 32.1. The molecule has 0 N–H and O–H groups in total. The van der Waals surface area contributed by atoms with Gasteiger partial charge in [-0.2, -0.15) is 0 Å². The summed E-state index contributed by atoms with van der Waals surface area (Å²) in [5.74, 6) is -0.175. The van der Waals surface area contributed by atoms with E-state index in [1.807, 2.05) is 36.4 Å². The summed E-state index contributed by atoms with van der Waals surface area (Å²) in [4.78, 5) is 38.8. The maximum Gasteiger partial charge on any atom is 0.307 e. The van der Waals surface area contributed by atoms with Crippen molar-refractivity contribution in [1.82, 2.24) is 4.90 Å². The van der Waals surface area contributed by atoms with E-state index in [0.29, 0.717) is 34.1 Å². The summed E-state index contributed by atoms with van der Waals surface area (Å²) in [6, 6.07) is 15.2. The van der Waals surface area contributed by atoms with Crippen LogP contribution in [-0.2, 0) is 16.1 Å². The third-order valence-corrected chi connectivity index (χ3v) is 6.18. The van der Waals surface area contributed by atoms with Crippen LogP contribution in [0.25, 0.3) is 10.4 Å². The molecule has 8 heteroatoms. The number of hydrogen-bond donors (Lipinski definition) is 0. The quantitative estimate of drug-likeness (QED) is 0.378. The van der Waals surface area contributed by atoms with E-state index in [9.17, 15) is 14.4 Å². The second-order valence-electron chi connectivity index (χ2n) is 7.08. The van der Waals surface area contributed by atoms with Crippen LogP contribution in [0.2, 0.25) is 0 Å². The number of fused-ring (bicyclic) bond motifs is 1. The molecule has 1 aromatic heterocycles. The largest absolute Gasteiger partial charge is 0.493 e. The Morgan fingerprint density at radius 2 is 1.78 bits per heavy atom. The Balaban J connectivity index is 1.57. The summed E-state index contributed by atoms with van der Waals surface area (Å²) >= 11 is 1.32. The van der Waals surface area contributed by atoms with Crippen LogP contribution in [0.15, 0.2) is 53.9 Å². The number of carbonyl (C=O) groups excluding carboxylic acids is 3. The summed E-state index contributed by atoms with van der Waals surface area (Å²) in [7, 11) is 2.82. The number of carbonyl (C=O) groups is 3. The van der Waals surface area contributed by atoms with Gasteiger partial charge in [0.05, 0.1) is 31.8 Å². The molecule has 0 radical (unpaired) electrons. The second-order valence-corrected chi connectivity index (χ2v) is 7.96. The average molecular weight is 452 g/mol. The lowest BCUT2D eigenvalue weighted by atomic mass is 10.1. The van der Waals surface area contributed by atoms with Gasteiger partial charge in [-0.25, -0.2) is 0 Å². The van der Waals surface area contributed by atoms with Crippen LogP contribution in [0.1, 0.15) is 32.7 Å². The fraction of sp³-hybridized carbons (Fsp3) is 0.208. The Bertz CT molecular complexity index is 1170. The van der Waals surface area contributed by atoms with Crippen molar-refractivity contribution in [2.45, 2.75) is 13.0 Å². The Hall–Kier alpha value is -3.65. The molecular weight excluding hydrogens is 430 g/mol. The molecule has 1 aliphatic rings. The van der Waals surface area contributed by atoms with Crippen molar-refractivity contribution < 1.29 is 28.6 Å². The second kappa shape index (κ2) is 9.23. The number of nitrogens with zero attached hydrogens (tertiary/aromatic N) is 1. The molecule has 2 heterocycles. The van der Waals surface area contributed by atoms with Crippen LogP contribution in [-0.4, -0.2) is 43.4 Å². The first-order valence-electron chi connectivity index (χ1n) is 9.93. The molecule has 32 heavy (non-hydrogen) atoms. The van der Waals surface area contributed by atoms with Crippen LogP contribution in [0.5, 0.6) is 11.5 Å². The monoisotopic (exact) mass is 451 g/mol. The predicted molar refractivity (Wildman–Crippen MR) is 119 cm³/mol. The van der Waals surface area contributed by atoms with E-state index >= 15 is 0 Å². The Kier molecular flexibility index (Phi) is 6.23. The lowest BCUT2D eigenvalue weighted by Gasteiger charge is -2.14. The molecule has 0 atom stereocenters. The summed E-state index contributed by atoms with van der Waals surface area (Å²) in [6.45, 7) is 0.381. The normalized spacial score (nSPS) is 12.6. The SMILES string of the molecule is COC(=O)CCN1C(=O)c2csc(-c3ccc(OCc4ccccc4)c(OC)c3)c2C1=O. The summed E-state index contributed by atoms with van der Waals surface area (Å²) < 4.78 is 16.0. The fourth-order valence-electron chi connectivity index (χ4n) is 3.48. The minimum atomic E-state index is -0.476. The Morgan fingerprint density at radius 1 is 1.00 bits per heavy atom. The lowest BCUT2D eigenvalue weighted by Crippen LogP contribution is -2.32. The molecule has 0 saturated heterocycles. The summed E-state index contributed by atoms with van der Waals surface area (Å²) in [6.07, 6.45) is -0.0434. The third kappa shape index (κ3) is 4.09. The molecule has 0 spiro atoms. The van der Waals surface area contributed by atoms with E-state index in [1.165, 1.54) is 18.4 Å². The van der Waals surface area contributed by atoms with E-state index in [1.54, 1.807) is 24.6 Å². The van der Waals surface area contributed by atoms with Crippen LogP contribution >= 0.6 is 11.3 Å². The number of thiophene rings is 1. The molecule has 1 aliphatic heterocycles. The van der Waals surface area contributed by atoms with E-state index in [0.717, 1.165) is 16.0 Å². The number of methoxy groups -OCH3 is 2. The molecule has 164 valence electrons. The van der Waals surface area contributed by atoms with E-state index in [2.05, 4.69) is 4.74 Å². The molecular formula is C24H21NO6S. The number of imide groups is 1. The van der Waals surface area contributed by atoms with Gasteiger partial charge >= 0.3 is 5.97 Å². The average Bonchev–Trinajstić information content (AvgIpc) is 3.36. The van der Waals surface area contributed by atoms with E-state index in [-0.39, 0.29) is 13.0 Å². The summed E-state index contributed by atoms with van der Waals surface area (Å²) in [5.41, 5.74) is 2.48. The van der Waals surface area contributed by atoms with Gasteiger partial charge in [-0.05, 0) is 29.3 Å².